The zero-order valence-corrected chi connectivity index (χ0v) is 19.1. The van der Waals surface area contributed by atoms with Crippen LogP contribution in [0.2, 0.25) is 0 Å². The molecule has 1 fully saturated rings. The standard InChI is InChI=1S/C24H21FN4O4S/c1-2-32-19-6-4-3-5-17(19)22-26-20(33-27-22)14-28-18-11-12-34-21(18)23(30)29(24(28)31)13-15-7-9-16(25)10-8-15/h3-12,18,21H,2,13-14H2,1H3. The van der Waals surface area contributed by atoms with Gasteiger partial charge in [-0.15, -0.1) is 11.8 Å². The second kappa shape index (κ2) is 9.30. The van der Waals surface area contributed by atoms with Crippen molar-refractivity contribution >= 4 is 23.7 Å². The summed E-state index contributed by atoms with van der Waals surface area (Å²) in [5.74, 6) is 0.584. The Morgan fingerprint density at radius 3 is 2.71 bits per heavy atom. The summed E-state index contributed by atoms with van der Waals surface area (Å²) in [4.78, 5) is 33.6. The van der Waals surface area contributed by atoms with Crippen molar-refractivity contribution in [3.63, 3.8) is 0 Å². The normalized spacial score (nSPS) is 19.6. The molecule has 3 heterocycles. The Morgan fingerprint density at radius 2 is 1.91 bits per heavy atom. The second-order valence-electron chi connectivity index (χ2n) is 7.78. The first-order valence-electron chi connectivity index (χ1n) is 10.8. The quantitative estimate of drug-likeness (QED) is 0.500. The Morgan fingerprint density at radius 1 is 1.12 bits per heavy atom. The van der Waals surface area contributed by atoms with E-state index in [1.54, 1.807) is 17.0 Å². The molecule has 8 nitrogen and oxygen atoms in total. The molecule has 2 aromatic carbocycles. The average molecular weight is 481 g/mol. The average Bonchev–Trinajstić information content (AvgIpc) is 3.51. The van der Waals surface area contributed by atoms with Crippen molar-refractivity contribution in [3.8, 4) is 17.1 Å². The van der Waals surface area contributed by atoms with Gasteiger partial charge >= 0.3 is 6.03 Å². The Labute approximate surface area is 199 Å². The van der Waals surface area contributed by atoms with Crippen LogP contribution in [-0.4, -0.2) is 49.8 Å². The SMILES string of the molecule is CCOc1ccccc1-c1noc(CN2C(=O)N(Cc3ccc(F)cc3)C(=O)C3SC=CC32)n1. The van der Waals surface area contributed by atoms with Gasteiger partial charge < -0.3 is 14.2 Å². The molecular weight excluding hydrogens is 459 g/mol. The number of hydrogen-bond donors (Lipinski definition) is 0. The van der Waals surface area contributed by atoms with Crippen LogP contribution in [0.4, 0.5) is 9.18 Å². The molecular formula is C24H21FN4O4S. The first kappa shape index (κ1) is 22.1. The van der Waals surface area contributed by atoms with E-state index in [9.17, 15) is 14.0 Å². The number of amides is 3. The number of hydrogen-bond acceptors (Lipinski definition) is 7. The van der Waals surface area contributed by atoms with Crippen molar-refractivity contribution in [2.45, 2.75) is 31.3 Å². The Bertz CT molecular complexity index is 1250. The minimum atomic E-state index is -0.461. The lowest BCUT2D eigenvalue weighted by molar-refractivity contribution is -0.132. The number of rotatable bonds is 7. The summed E-state index contributed by atoms with van der Waals surface area (Å²) in [5.41, 5.74) is 1.34. The summed E-state index contributed by atoms with van der Waals surface area (Å²) >= 11 is 1.37. The van der Waals surface area contributed by atoms with Gasteiger partial charge in [-0.05, 0) is 42.2 Å². The van der Waals surface area contributed by atoms with Crippen molar-refractivity contribution in [2.75, 3.05) is 6.61 Å². The molecule has 0 spiro atoms. The molecule has 10 heteroatoms. The van der Waals surface area contributed by atoms with Crippen molar-refractivity contribution in [1.82, 2.24) is 19.9 Å². The fourth-order valence-corrected chi connectivity index (χ4v) is 5.06. The van der Waals surface area contributed by atoms with Gasteiger partial charge in [0.05, 0.1) is 24.8 Å². The molecule has 1 aromatic heterocycles. The summed E-state index contributed by atoms with van der Waals surface area (Å²) < 4.78 is 24.4. The predicted octanol–water partition coefficient (Wildman–Crippen LogP) is 4.24. The molecule has 0 radical (unpaired) electrons. The van der Waals surface area contributed by atoms with Crippen molar-refractivity contribution in [1.29, 1.82) is 0 Å². The molecule has 2 atom stereocenters. The smallest absolute Gasteiger partial charge is 0.328 e. The summed E-state index contributed by atoms with van der Waals surface area (Å²) in [7, 11) is 0. The molecule has 2 aliphatic heterocycles. The molecule has 174 valence electrons. The Hall–Kier alpha value is -3.66. The van der Waals surface area contributed by atoms with Gasteiger partial charge in [0.25, 0.3) is 0 Å². The zero-order chi connectivity index (χ0) is 23.7. The maximum atomic E-state index is 13.4. The highest BCUT2D eigenvalue weighted by Gasteiger charge is 2.47. The summed E-state index contributed by atoms with van der Waals surface area (Å²) in [6, 6.07) is 12.2. The number of aromatic nitrogens is 2. The van der Waals surface area contributed by atoms with E-state index < -0.39 is 17.3 Å². The lowest BCUT2D eigenvalue weighted by atomic mass is 10.1. The molecule has 34 heavy (non-hydrogen) atoms. The van der Waals surface area contributed by atoms with E-state index in [4.69, 9.17) is 9.26 Å². The number of thioether (sulfide) groups is 1. The lowest BCUT2D eigenvalue weighted by Gasteiger charge is -2.40. The lowest BCUT2D eigenvalue weighted by Crippen LogP contribution is -2.61. The monoisotopic (exact) mass is 480 g/mol. The highest BCUT2D eigenvalue weighted by Crippen LogP contribution is 2.36. The first-order chi connectivity index (χ1) is 16.5. The van der Waals surface area contributed by atoms with Gasteiger partial charge in [0, 0.05) is 0 Å². The van der Waals surface area contributed by atoms with Crippen LogP contribution in [0.25, 0.3) is 11.4 Å². The van der Waals surface area contributed by atoms with Crippen LogP contribution in [0.3, 0.4) is 0 Å². The van der Waals surface area contributed by atoms with E-state index in [1.165, 1.54) is 28.8 Å². The van der Waals surface area contributed by atoms with E-state index >= 15 is 0 Å². The van der Waals surface area contributed by atoms with Crippen LogP contribution >= 0.6 is 11.8 Å². The highest BCUT2D eigenvalue weighted by atomic mass is 32.2. The van der Waals surface area contributed by atoms with Crippen LogP contribution in [-0.2, 0) is 17.9 Å². The van der Waals surface area contributed by atoms with Crippen LogP contribution < -0.4 is 4.74 Å². The third kappa shape index (κ3) is 4.16. The highest BCUT2D eigenvalue weighted by molar-refractivity contribution is 8.03. The number of nitrogens with zero attached hydrogens (tertiary/aromatic N) is 4. The number of benzene rings is 2. The molecule has 3 amide bonds. The van der Waals surface area contributed by atoms with Crippen LogP contribution in [0.1, 0.15) is 18.4 Å². The first-order valence-corrected chi connectivity index (χ1v) is 11.7. The number of ether oxygens (including phenoxy) is 1. The molecule has 2 aliphatic rings. The van der Waals surface area contributed by atoms with Gasteiger partial charge in [-0.2, -0.15) is 4.98 Å². The van der Waals surface area contributed by atoms with E-state index in [0.29, 0.717) is 29.3 Å². The predicted molar refractivity (Wildman–Crippen MR) is 123 cm³/mol. The second-order valence-corrected chi connectivity index (χ2v) is 8.83. The van der Waals surface area contributed by atoms with Crippen molar-refractivity contribution < 1.29 is 23.2 Å². The Balaban J connectivity index is 1.39. The molecule has 5 rings (SSSR count). The number of halogens is 1. The van der Waals surface area contributed by atoms with Crippen LogP contribution in [0, 0.1) is 5.82 Å². The largest absolute Gasteiger partial charge is 0.493 e. The van der Waals surface area contributed by atoms with E-state index in [2.05, 4.69) is 10.1 Å². The minimum absolute atomic E-state index is 0.0436. The van der Waals surface area contributed by atoms with Gasteiger partial charge in [0.15, 0.2) is 0 Å². The Kier molecular flexibility index (Phi) is 6.06. The van der Waals surface area contributed by atoms with E-state index in [-0.39, 0.29) is 30.7 Å². The summed E-state index contributed by atoms with van der Waals surface area (Å²) in [6.45, 7) is 2.48. The third-order valence-electron chi connectivity index (χ3n) is 5.61. The topological polar surface area (TPSA) is 88.8 Å². The number of carbonyl (C=O) groups is 2. The maximum Gasteiger partial charge on any atom is 0.328 e. The van der Waals surface area contributed by atoms with E-state index in [1.807, 2.05) is 42.7 Å². The van der Waals surface area contributed by atoms with E-state index in [0.717, 1.165) is 0 Å². The molecule has 1 saturated heterocycles. The molecule has 0 bridgehead atoms. The summed E-state index contributed by atoms with van der Waals surface area (Å²) in [5, 5.41) is 5.44. The number of imide groups is 1. The number of fused-ring (bicyclic) bond motifs is 1. The van der Waals surface area contributed by atoms with Gasteiger partial charge in [0.2, 0.25) is 17.6 Å². The molecule has 2 unspecified atom stereocenters. The van der Waals surface area contributed by atoms with Crippen LogP contribution in [0.5, 0.6) is 5.75 Å². The minimum Gasteiger partial charge on any atom is -0.493 e. The number of para-hydroxylation sites is 1. The molecule has 3 aromatic rings. The molecule has 0 aliphatic carbocycles. The fourth-order valence-electron chi connectivity index (χ4n) is 3.99. The van der Waals surface area contributed by atoms with Gasteiger partial charge in [-0.25, -0.2) is 9.18 Å². The van der Waals surface area contributed by atoms with Crippen LogP contribution in [0.15, 0.2) is 64.5 Å². The number of carbonyl (C=O) groups excluding carboxylic acids is 2. The fraction of sp³-hybridized carbons (Fsp3) is 0.250. The third-order valence-corrected chi connectivity index (χ3v) is 6.70. The summed E-state index contributed by atoms with van der Waals surface area (Å²) in [6.07, 6.45) is 1.84. The maximum absolute atomic E-state index is 13.4. The van der Waals surface area contributed by atoms with Gasteiger partial charge in [-0.1, -0.05) is 35.5 Å². The van der Waals surface area contributed by atoms with Gasteiger partial charge in [0.1, 0.15) is 23.4 Å². The van der Waals surface area contributed by atoms with Gasteiger partial charge in [-0.3, -0.25) is 9.69 Å². The molecule has 0 N–H and O–H groups in total. The zero-order valence-electron chi connectivity index (χ0n) is 18.3. The van der Waals surface area contributed by atoms with Crippen molar-refractivity contribution in [2.24, 2.45) is 0 Å². The number of urea groups is 1. The molecule has 0 saturated carbocycles. The van der Waals surface area contributed by atoms with Crippen molar-refractivity contribution in [3.05, 3.63) is 77.3 Å².